The first-order chi connectivity index (χ1) is 9.72. The van der Waals surface area contributed by atoms with E-state index in [0.717, 1.165) is 43.3 Å². The minimum atomic E-state index is 0.102. The van der Waals surface area contributed by atoms with Crippen LogP contribution in [0.5, 0.6) is 5.75 Å². The fraction of sp³-hybridized carbons (Fsp3) is 0.467. The van der Waals surface area contributed by atoms with Crippen LogP contribution in [0.4, 0.5) is 4.79 Å². The van der Waals surface area contributed by atoms with E-state index in [-0.39, 0.29) is 6.03 Å². The van der Waals surface area contributed by atoms with Crippen molar-refractivity contribution >= 4 is 12.3 Å². The molecule has 0 saturated carbocycles. The molecule has 0 radical (unpaired) electrons. The average Bonchev–Trinajstić information content (AvgIpc) is 3.13. The van der Waals surface area contributed by atoms with Crippen molar-refractivity contribution in [3.05, 3.63) is 28.8 Å². The molecular formula is C15H18N2O3. The van der Waals surface area contributed by atoms with Gasteiger partial charge in [-0.05, 0) is 36.1 Å². The van der Waals surface area contributed by atoms with Crippen molar-refractivity contribution in [3.8, 4) is 5.75 Å². The predicted octanol–water partition coefficient (Wildman–Crippen LogP) is 2.04. The first-order valence-electron chi connectivity index (χ1n) is 6.91. The lowest BCUT2D eigenvalue weighted by molar-refractivity contribution is 0.112. The first kappa shape index (κ1) is 13.0. The summed E-state index contributed by atoms with van der Waals surface area (Å²) in [6, 6.07) is 3.81. The van der Waals surface area contributed by atoms with Crippen LogP contribution in [0.15, 0.2) is 12.1 Å². The summed E-state index contributed by atoms with van der Waals surface area (Å²) in [5.41, 5.74) is 2.65. The normalized spacial score (nSPS) is 17.2. The number of carbonyl (C=O) groups excluding carboxylic acids is 2. The second-order valence-corrected chi connectivity index (χ2v) is 5.31. The molecule has 1 fully saturated rings. The minimum absolute atomic E-state index is 0.102. The van der Waals surface area contributed by atoms with Crippen molar-refractivity contribution < 1.29 is 14.3 Å². The molecule has 0 spiro atoms. The average molecular weight is 274 g/mol. The lowest BCUT2D eigenvalue weighted by Gasteiger charge is -2.23. The standard InChI is InChI=1S/C15H18N2O3/c1-20-14-7-12-9-17(8-11(12)6-13(14)10-18)15(19)16-4-2-3-5-16/h6-7,10H,2-5,8-9H2,1H3. The lowest BCUT2D eigenvalue weighted by Crippen LogP contribution is -2.38. The molecule has 2 heterocycles. The lowest BCUT2D eigenvalue weighted by atomic mass is 10.1. The van der Waals surface area contributed by atoms with Gasteiger partial charge in [-0.3, -0.25) is 4.79 Å². The maximum absolute atomic E-state index is 12.4. The van der Waals surface area contributed by atoms with Crippen LogP contribution in [0.25, 0.3) is 0 Å². The van der Waals surface area contributed by atoms with Crippen LogP contribution in [-0.4, -0.2) is 42.3 Å². The summed E-state index contributed by atoms with van der Waals surface area (Å²) in [4.78, 5) is 27.2. The molecule has 0 unspecified atom stereocenters. The van der Waals surface area contributed by atoms with Crippen LogP contribution in [0.1, 0.15) is 34.3 Å². The highest BCUT2D eigenvalue weighted by Gasteiger charge is 2.29. The highest BCUT2D eigenvalue weighted by molar-refractivity contribution is 5.81. The van der Waals surface area contributed by atoms with Crippen molar-refractivity contribution in [2.24, 2.45) is 0 Å². The summed E-state index contributed by atoms with van der Waals surface area (Å²) < 4.78 is 5.21. The molecule has 106 valence electrons. The van der Waals surface area contributed by atoms with Gasteiger partial charge in [0.2, 0.25) is 0 Å². The molecule has 0 atom stereocenters. The maximum atomic E-state index is 12.4. The van der Waals surface area contributed by atoms with Crippen molar-refractivity contribution in [2.45, 2.75) is 25.9 Å². The van der Waals surface area contributed by atoms with Crippen LogP contribution in [-0.2, 0) is 13.1 Å². The van der Waals surface area contributed by atoms with Gasteiger partial charge in [-0.1, -0.05) is 0 Å². The Kier molecular flexibility index (Phi) is 3.34. The molecule has 0 N–H and O–H groups in total. The molecule has 2 aliphatic rings. The third kappa shape index (κ3) is 2.13. The van der Waals surface area contributed by atoms with Gasteiger partial charge in [-0.2, -0.15) is 0 Å². The first-order valence-corrected chi connectivity index (χ1v) is 6.91. The van der Waals surface area contributed by atoms with Gasteiger partial charge in [0.1, 0.15) is 5.75 Å². The zero-order chi connectivity index (χ0) is 14.1. The minimum Gasteiger partial charge on any atom is -0.496 e. The number of benzene rings is 1. The van der Waals surface area contributed by atoms with Gasteiger partial charge in [0.25, 0.3) is 0 Å². The Bertz CT molecular complexity index is 550. The predicted molar refractivity (Wildman–Crippen MR) is 73.8 cm³/mol. The highest BCUT2D eigenvalue weighted by Crippen LogP contribution is 2.30. The maximum Gasteiger partial charge on any atom is 0.320 e. The molecule has 3 rings (SSSR count). The van der Waals surface area contributed by atoms with Gasteiger partial charge in [0.05, 0.1) is 12.7 Å². The number of nitrogens with zero attached hydrogens (tertiary/aromatic N) is 2. The molecular weight excluding hydrogens is 256 g/mol. The smallest absolute Gasteiger partial charge is 0.320 e. The summed E-state index contributed by atoms with van der Waals surface area (Å²) >= 11 is 0. The van der Waals surface area contributed by atoms with E-state index in [1.165, 1.54) is 0 Å². The molecule has 0 bridgehead atoms. The Morgan fingerprint density at radius 2 is 1.80 bits per heavy atom. The number of hydrogen-bond acceptors (Lipinski definition) is 3. The largest absolute Gasteiger partial charge is 0.496 e. The Morgan fingerprint density at radius 3 is 2.40 bits per heavy atom. The summed E-state index contributed by atoms with van der Waals surface area (Å²) in [5, 5.41) is 0. The van der Waals surface area contributed by atoms with Crippen LogP contribution in [0.3, 0.4) is 0 Å². The number of rotatable bonds is 2. The fourth-order valence-electron chi connectivity index (χ4n) is 2.96. The molecule has 5 heteroatoms. The quantitative estimate of drug-likeness (QED) is 0.775. The van der Waals surface area contributed by atoms with Gasteiger partial charge >= 0.3 is 6.03 Å². The third-order valence-electron chi connectivity index (χ3n) is 4.05. The number of carbonyl (C=O) groups is 2. The third-order valence-corrected chi connectivity index (χ3v) is 4.05. The monoisotopic (exact) mass is 274 g/mol. The van der Waals surface area contributed by atoms with Crippen LogP contribution < -0.4 is 4.74 Å². The topological polar surface area (TPSA) is 49.9 Å². The van der Waals surface area contributed by atoms with Crippen LogP contribution in [0.2, 0.25) is 0 Å². The molecule has 2 aliphatic heterocycles. The molecule has 2 amide bonds. The van der Waals surface area contributed by atoms with Gasteiger partial charge in [-0.25, -0.2) is 4.79 Å². The van der Waals surface area contributed by atoms with Crippen molar-refractivity contribution in [2.75, 3.05) is 20.2 Å². The van der Waals surface area contributed by atoms with Gasteiger partial charge < -0.3 is 14.5 Å². The molecule has 5 nitrogen and oxygen atoms in total. The molecule has 20 heavy (non-hydrogen) atoms. The van der Waals surface area contributed by atoms with E-state index >= 15 is 0 Å². The number of aldehydes is 1. The van der Waals surface area contributed by atoms with E-state index in [0.29, 0.717) is 24.4 Å². The summed E-state index contributed by atoms with van der Waals surface area (Å²) in [7, 11) is 1.55. The van der Waals surface area contributed by atoms with Crippen LogP contribution >= 0.6 is 0 Å². The number of urea groups is 1. The van der Waals surface area contributed by atoms with E-state index in [1.54, 1.807) is 7.11 Å². The molecule has 0 aliphatic carbocycles. The zero-order valence-corrected chi connectivity index (χ0v) is 11.6. The van der Waals surface area contributed by atoms with Crippen molar-refractivity contribution in [1.29, 1.82) is 0 Å². The number of likely N-dealkylation sites (tertiary alicyclic amines) is 1. The van der Waals surface area contributed by atoms with E-state index < -0.39 is 0 Å². The highest BCUT2D eigenvalue weighted by atomic mass is 16.5. The van der Waals surface area contributed by atoms with Gasteiger partial charge in [-0.15, -0.1) is 0 Å². The fourth-order valence-corrected chi connectivity index (χ4v) is 2.96. The number of ether oxygens (including phenoxy) is 1. The van der Waals surface area contributed by atoms with E-state index in [9.17, 15) is 9.59 Å². The molecule has 1 aromatic rings. The second kappa shape index (κ2) is 5.15. The Morgan fingerprint density at radius 1 is 1.15 bits per heavy atom. The molecule has 1 saturated heterocycles. The van der Waals surface area contributed by atoms with Gasteiger partial charge in [0, 0.05) is 26.2 Å². The van der Waals surface area contributed by atoms with E-state index in [1.807, 2.05) is 21.9 Å². The number of hydrogen-bond donors (Lipinski definition) is 0. The zero-order valence-electron chi connectivity index (χ0n) is 11.6. The van der Waals surface area contributed by atoms with E-state index in [2.05, 4.69) is 0 Å². The van der Waals surface area contributed by atoms with Crippen molar-refractivity contribution in [1.82, 2.24) is 9.80 Å². The SMILES string of the molecule is COc1cc2c(cc1C=O)CN(C(=O)N1CCCC1)C2. The van der Waals surface area contributed by atoms with E-state index in [4.69, 9.17) is 4.74 Å². The summed E-state index contributed by atoms with van der Waals surface area (Å²) in [6.45, 7) is 2.89. The number of methoxy groups -OCH3 is 1. The summed E-state index contributed by atoms with van der Waals surface area (Å²) in [6.07, 6.45) is 2.98. The number of amides is 2. The number of fused-ring (bicyclic) bond motifs is 1. The second-order valence-electron chi connectivity index (χ2n) is 5.31. The Balaban J connectivity index is 1.81. The summed E-state index contributed by atoms with van der Waals surface area (Å²) in [5.74, 6) is 0.578. The molecule has 1 aromatic carbocycles. The Hall–Kier alpha value is -2.04. The van der Waals surface area contributed by atoms with Gasteiger partial charge in [0.15, 0.2) is 6.29 Å². The van der Waals surface area contributed by atoms with Crippen molar-refractivity contribution in [3.63, 3.8) is 0 Å². The Labute approximate surface area is 118 Å². The molecule has 0 aromatic heterocycles. The van der Waals surface area contributed by atoms with Crippen LogP contribution in [0, 0.1) is 0 Å².